The van der Waals surface area contributed by atoms with E-state index in [1.54, 1.807) is 11.0 Å². The fourth-order valence-electron chi connectivity index (χ4n) is 8.05. The number of nitrogens with zero attached hydrogens (tertiary/aromatic N) is 1. The molecule has 1 aliphatic heterocycles. The highest BCUT2D eigenvalue weighted by Crippen LogP contribution is 2.43. The van der Waals surface area contributed by atoms with E-state index in [0.717, 1.165) is 97.0 Å². The molecule has 8 nitrogen and oxygen atoms in total. The van der Waals surface area contributed by atoms with Gasteiger partial charge in [-0.05, 0) is 50.9 Å². The molecule has 322 valence electrons. The first-order chi connectivity index (χ1) is 26.9. The molecule has 5 atom stereocenters. The lowest BCUT2D eigenvalue weighted by molar-refractivity contribution is -0.279. The van der Waals surface area contributed by atoms with E-state index in [4.69, 9.17) is 9.47 Å². The van der Waals surface area contributed by atoms with Gasteiger partial charge >= 0.3 is 18.1 Å². The molecule has 1 fully saturated rings. The molecule has 2 rings (SSSR count). The number of carboxylic acid groups (broad SMARTS) is 1. The smallest absolute Gasteiger partial charge is 0.432 e. The summed E-state index contributed by atoms with van der Waals surface area (Å²) in [6.07, 6.45) is 16.4. The topological polar surface area (TPSA) is 113 Å². The molecule has 1 aromatic carbocycles. The highest BCUT2D eigenvalue weighted by Gasteiger charge is 2.64. The number of esters is 1. The maximum atomic E-state index is 14.6. The summed E-state index contributed by atoms with van der Waals surface area (Å²) in [6.45, 7) is 5.05. The number of ether oxygens (including phenoxy) is 2. The zero-order valence-electron chi connectivity index (χ0n) is 34.8. The van der Waals surface area contributed by atoms with Gasteiger partial charge in [-0.2, -0.15) is 13.2 Å². The van der Waals surface area contributed by atoms with Crippen LogP contribution in [0.1, 0.15) is 186 Å². The van der Waals surface area contributed by atoms with Gasteiger partial charge in [0.15, 0.2) is 0 Å². The van der Waals surface area contributed by atoms with Crippen LogP contribution in [0.4, 0.5) is 13.2 Å². The van der Waals surface area contributed by atoms with E-state index in [1.807, 2.05) is 0 Å². The van der Waals surface area contributed by atoms with Gasteiger partial charge in [-0.25, -0.2) is 9.59 Å². The van der Waals surface area contributed by atoms with E-state index < -0.39 is 42.0 Å². The number of rotatable bonds is 31. The number of halogens is 3. The number of aliphatic hydroxyl groups excluding tert-OH is 1. The van der Waals surface area contributed by atoms with Crippen LogP contribution in [0.3, 0.4) is 0 Å². The lowest BCUT2D eigenvalue weighted by atomic mass is 9.92. The van der Waals surface area contributed by atoms with Gasteiger partial charge in [0.25, 0.3) is 5.60 Å². The number of benzene rings is 1. The first kappa shape index (κ1) is 49.5. The monoisotopic (exact) mass is 798 g/mol. The SMILES string of the molecule is CCCCCC[C@H](C)CCCCCC[C@H](O)[C@@H](CCCCCCCCCCCCC(=O)N1CCCC[C@@H]1C(=O)O)OC(=O)[C@@](OC)(c1ccccc1)C(F)(F)F. The molecule has 2 N–H and O–H groups in total. The number of alkyl halides is 3. The van der Waals surface area contributed by atoms with Gasteiger partial charge in [-0.3, -0.25) is 4.79 Å². The first-order valence-corrected chi connectivity index (χ1v) is 22.0. The number of piperidine rings is 1. The Balaban J connectivity index is 1.80. The minimum Gasteiger partial charge on any atom is -0.480 e. The van der Waals surface area contributed by atoms with Crippen LogP contribution in [0.15, 0.2) is 30.3 Å². The van der Waals surface area contributed by atoms with E-state index in [-0.39, 0.29) is 17.9 Å². The first-order valence-electron chi connectivity index (χ1n) is 22.0. The molecule has 0 aromatic heterocycles. The van der Waals surface area contributed by atoms with Crippen molar-refractivity contribution in [2.24, 2.45) is 5.92 Å². The van der Waals surface area contributed by atoms with Crippen molar-refractivity contribution in [1.29, 1.82) is 0 Å². The van der Waals surface area contributed by atoms with Crippen LogP contribution in [-0.4, -0.2) is 71.0 Å². The van der Waals surface area contributed by atoms with Gasteiger partial charge in [-0.15, -0.1) is 0 Å². The van der Waals surface area contributed by atoms with Crippen molar-refractivity contribution in [2.75, 3.05) is 13.7 Å². The summed E-state index contributed by atoms with van der Waals surface area (Å²) >= 11 is 0. The number of likely N-dealkylation sites (tertiary alicyclic amines) is 1. The minimum absolute atomic E-state index is 0.0556. The molecule has 0 saturated carbocycles. The summed E-state index contributed by atoms with van der Waals surface area (Å²) in [6, 6.07) is 6.11. The third-order valence-corrected chi connectivity index (χ3v) is 11.6. The Bertz CT molecular complexity index is 1220. The molecule has 0 aliphatic carbocycles. The van der Waals surface area contributed by atoms with E-state index in [1.165, 1.54) is 62.8 Å². The van der Waals surface area contributed by atoms with E-state index >= 15 is 0 Å². The minimum atomic E-state index is -5.08. The number of carbonyl (C=O) groups excluding carboxylic acids is 2. The quantitative estimate of drug-likeness (QED) is 0.0568. The number of aliphatic carboxylic acids is 1. The number of hydrogen-bond donors (Lipinski definition) is 2. The average Bonchev–Trinajstić information content (AvgIpc) is 3.17. The van der Waals surface area contributed by atoms with E-state index in [2.05, 4.69) is 13.8 Å². The van der Waals surface area contributed by atoms with Gasteiger partial charge in [0.1, 0.15) is 12.1 Å². The Labute approximate surface area is 335 Å². The van der Waals surface area contributed by atoms with Crippen molar-refractivity contribution in [3.63, 3.8) is 0 Å². The van der Waals surface area contributed by atoms with Crippen molar-refractivity contribution in [3.8, 4) is 0 Å². The van der Waals surface area contributed by atoms with E-state index in [9.17, 15) is 37.8 Å². The molecule has 56 heavy (non-hydrogen) atoms. The normalized spacial score (nSPS) is 17.6. The highest BCUT2D eigenvalue weighted by atomic mass is 19.4. The Kier molecular flexibility index (Phi) is 24.6. The number of amides is 1. The number of carbonyl (C=O) groups is 3. The summed E-state index contributed by atoms with van der Waals surface area (Å²) in [5.74, 6) is -1.84. The molecule has 0 radical (unpaired) electrons. The molecule has 1 heterocycles. The van der Waals surface area contributed by atoms with Gasteiger partial charge in [0, 0.05) is 25.6 Å². The summed E-state index contributed by atoms with van der Waals surface area (Å²) in [5.41, 5.74) is -3.67. The molecule has 0 bridgehead atoms. The van der Waals surface area contributed by atoms with Crippen LogP contribution in [-0.2, 0) is 29.5 Å². The molecular formula is C45H74F3NO7. The van der Waals surface area contributed by atoms with Gasteiger partial charge in [0.2, 0.25) is 5.91 Å². The van der Waals surface area contributed by atoms with Crippen LogP contribution in [0, 0.1) is 5.92 Å². The molecule has 0 unspecified atom stereocenters. The summed E-state index contributed by atoms with van der Waals surface area (Å²) in [5, 5.41) is 20.6. The Morgan fingerprint density at radius 2 is 1.29 bits per heavy atom. The average molecular weight is 798 g/mol. The zero-order valence-corrected chi connectivity index (χ0v) is 34.8. The Morgan fingerprint density at radius 1 is 0.768 bits per heavy atom. The van der Waals surface area contributed by atoms with Crippen molar-refractivity contribution in [3.05, 3.63) is 35.9 Å². The Hall–Kier alpha value is -2.66. The Morgan fingerprint density at radius 3 is 1.82 bits per heavy atom. The van der Waals surface area contributed by atoms with Crippen LogP contribution in [0.25, 0.3) is 0 Å². The fourth-order valence-corrected chi connectivity index (χ4v) is 8.05. The highest BCUT2D eigenvalue weighted by molar-refractivity contribution is 5.84. The number of hydrogen-bond acceptors (Lipinski definition) is 6. The van der Waals surface area contributed by atoms with Gasteiger partial charge in [0.05, 0.1) is 6.10 Å². The molecule has 1 saturated heterocycles. The van der Waals surface area contributed by atoms with E-state index in [0.29, 0.717) is 44.6 Å². The van der Waals surface area contributed by atoms with Crippen LogP contribution >= 0.6 is 0 Å². The summed E-state index contributed by atoms with van der Waals surface area (Å²) in [7, 11) is 0.856. The van der Waals surface area contributed by atoms with Gasteiger partial charge < -0.3 is 24.6 Å². The summed E-state index contributed by atoms with van der Waals surface area (Å²) in [4.78, 5) is 39.1. The van der Waals surface area contributed by atoms with Crippen molar-refractivity contribution in [2.45, 2.75) is 211 Å². The second kappa shape index (κ2) is 27.9. The molecule has 11 heteroatoms. The zero-order chi connectivity index (χ0) is 41.2. The second-order valence-corrected chi connectivity index (χ2v) is 16.2. The number of aliphatic hydroxyl groups is 1. The number of unbranched alkanes of at least 4 members (excludes halogenated alkanes) is 15. The molecule has 1 aliphatic rings. The maximum absolute atomic E-state index is 14.6. The summed E-state index contributed by atoms with van der Waals surface area (Å²) < 4.78 is 54.3. The van der Waals surface area contributed by atoms with Crippen molar-refractivity contribution < 1.29 is 47.2 Å². The van der Waals surface area contributed by atoms with Crippen LogP contribution in [0.2, 0.25) is 0 Å². The fraction of sp³-hybridized carbons (Fsp3) is 0.800. The molecule has 1 amide bonds. The second-order valence-electron chi connectivity index (χ2n) is 16.2. The number of carboxylic acids is 1. The number of methoxy groups -OCH3 is 1. The van der Waals surface area contributed by atoms with Crippen molar-refractivity contribution in [1.82, 2.24) is 4.90 Å². The molecule has 1 aromatic rings. The molecule has 0 spiro atoms. The lowest BCUT2D eigenvalue weighted by Gasteiger charge is -2.34. The van der Waals surface area contributed by atoms with Crippen LogP contribution < -0.4 is 0 Å². The van der Waals surface area contributed by atoms with Gasteiger partial charge in [-0.1, -0.05) is 160 Å². The van der Waals surface area contributed by atoms with Crippen LogP contribution in [0.5, 0.6) is 0 Å². The predicted molar refractivity (Wildman–Crippen MR) is 215 cm³/mol. The predicted octanol–water partition coefficient (Wildman–Crippen LogP) is 11.5. The lowest BCUT2D eigenvalue weighted by Crippen LogP contribution is -2.53. The third-order valence-electron chi connectivity index (χ3n) is 11.6. The standard InChI is InChI=1S/C45H74F3NO7/c1-4-5-6-18-27-36(2)28-19-15-16-22-32-39(50)40(56-43(54)44(55-3,45(46,47)48)37-29-20-17-21-30-37)33-23-13-11-9-7-8-10-12-14-24-34-41(51)49-35-26-25-31-38(49)42(52)53/h17,20-21,29-30,36,38-40,50H,4-16,18-19,22-28,31-35H2,1-3H3,(H,52,53)/t36-,38+,39-,40+,44-/m0/s1. The third kappa shape index (κ3) is 17.5. The molecular weight excluding hydrogens is 723 g/mol. The maximum Gasteiger partial charge on any atom is 0.432 e. The largest absolute Gasteiger partial charge is 0.480 e. The van der Waals surface area contributed by atoms with Crippen molar-refractivity contribution >= 4 is 17.8 Å².